The third-order valence-electron chi connectivity index (χ3n) is 2.69. The number of hydrogen-bond acceptors (Lipinski definition) is 1. The van der Waals surface area contributed by atoms with Crippen LogP contribution in [-0.4, -0.2) is 21.5 Å². The van der Waals surface area contributed by atoms with Crippen molar-refractivity contribution in [3.63, 3.8) is 0 Å². The highest BCUT2D eigenvalue weighted by atomic mass is 79.9. The minimum absolute atomic E-state index is 0.411. The van der Waals surface area contributed by atoms with E-state index in [0.29, 0.717) is 0 Å². The zero-order valence-corrected chi connectivity index (χ0v) is 11.5. The smallest absolute Gasteiger partial charge is 0.0760 e. The van der Waals surface area contributed by atoms with E-state index in [-0.39, 0.29) is 0 Å². The highest BCUT2D eigenvalue weighted by Gasteiger charge is 2.50. The molecule has 1 radical (unpaired) electrons. The molecule has 0 atom stereocenters. The first-order valence-corrected chi connectivity index (χ1v) is 6.10. The van der Waals surface area contributed by atoms with Gasteiger partial charge in [0, 0.05) is 9.81 Å². The SMILES string of the molecule is CC1(C)C(Br)=C(CBr)C(C)(C)N1[O]. The Kier molecular flexibility index (Phi) is 3.00. The Balaban J connectivity index is 3.23. The van der Waals surface area contributed by atoms with Crippen molar-refractivity contribution in [2.24, 2.45) is 0 Å². The van der Waals surface area contributed by atoms with Crippen LogP contribution in [-0.2, 0) is 5.21 Å². The predicted octanol–water partition coefficient (Wildman–Crippen LogP) is 3.25. The summed E-state index contributed by atoms with van der Waals surface area (Å²) in [5.41, 5.74) is 0.283. The minimum atomic E-state index is -0.438. The van der Waals surface area contributed by atoms with Gasteiger partial charge in [-0.3, -0.25) is 0 Å². The molecule has 13 heavy (non-hydrogen) atoms. The van der Waals surface area contributed by atoms with Crippen molar-refractivity contribution < 1.29 is 5.21 Å². The van der Waals surface area contributed by atoms with E-state index in [1.54, 1.807) is 0 Å². The molecule has 1 heterocycles. The summed E-state index contributed by atoms with van der Waals surface area (Å²) in [6.45, 7) is 7.77. The summed E-state index contributed by atoms with van der Waals surface area (Å²) in [7, 11) is 0. The summed E-state index contributed by atoms with van der Waals surface area (Å²) in [5, 5.41) is 13.8. The van der Waals surface area contributed by atoms with E-state index in [9.17, 15) is 5.21 Å². The van der Waals surface area contributed by atoms with E-state index in [0.717, 1.165) is 20.4 Å². The van der Waals surface area contributed by atoms with Crippen molar-refractivity contribution >= 4 is 31.9 Å². The Hall–Kier alpha value is 0.620. The van der Waals surface area contributed by atoms with Crippen LogP contribution in [0.3, 0.4) is 0 Å². The van der Waals surface area contributed by atoms with Crippen molar-refractivity contribution in [3.8, 4) is 0 Å². The maximum atomic E-state index is 12.0. The summed E-state index contributed by atoms with van der Waals surface area (Å²) < 4.78 is 1.01. The van der Waals surface area contributed by atoms with Crippen molar-refractivity contribution in [2.45, 2.75) is 38.8 Å². The Morgan fingerprint density at radius 1 is 1.23 bits per heavy atom. The Morgan fingerprint density at radius 2 is 1.69 bits per heavy atom. The number of rotatable bonds is 1. The second kappa shape index (κ2) is 3.33. The fourth-order valence-electron chi connectivity index (χ4n) is 1.77. The molecule has 0 aromatic heterocycles. The van der Waals surface area contributed by atoms with Crippen molar-refractivity contribution in [1.82, 2.24) is 5.06 Å². The van der Waals surface area contributed by atoms with E-state index in [1.165, 1.54) is 0 Å². The fourth-order valence-corrected chi connectivity index (χ4v) is 3.90. The molecule has 0 amide bonds. The highest BCUT2D eigenvalue weighted by molar-refractivity contribution is 9.12. The van der Waals surface area contributed by atoms with Crippen LogP contribution in [0.2, 0.25) is 0 Å². The molecular weight excluding hydrogens is 298 g/mol. The first-order valence-electron chi connectivity index (χ1n) is 4.19. The zero-order valence-electron chi connectivity index (χ0n) is 8.32. The van der Waals surface area contributed by atoms with Gasteiger partial charge in [-0.1, -0.05) is 31.9 Å². The summed E-state index contributed by atoms with van der Waals surface area (Å²) >= 11 is 6.93. The molecule has 0 aromatic carbocycles. The molecule has 0 saturated carbocycles. The zero-order chi connectivity index (χ0) is 10.4. The van der Waals surface area contributed by atoms with E-state index in [4.69, 9.17) is 0 Å². The van der Waals surface area contributed by atoms with Gasteiger partial charge in [0.05, 0.1) is 11.1 Å². The van der Waals surface area contributed by atoms with Gasteiger partial charge in [-0.05, 0) is 33.3 Å². The van der Waals surface area contributed by atoms with E-state index < -0.39 is 11.1 Å². The number of hydrogen-bond donors (Lipinski definition) is 0. The third-order valence-corrected chi connectivity index (χ3v) is 4.70. The lowest BCUT2D eigenvalue weighted by Crippen LogP contribution is -2.47. The molecule has 0 fully saturated rings. The van der Waals surface area contributed by atoms with Crippen LogP contribution in [0.15, 0.2) is 10.1 Å². The van der Waals surface area contributed by atoms with Crippen molar-refractivity contribution in [2.75, 3.05) is 5.33 Å². The maximum absolute atomic E-state index is 12.0. The lowest BCUT2D eigenvalue weighted by Gasteiger charge is -2.33. The first kappa shape index (κ1) is 11.7. The van der Waals surface area contributed by atoms with Crippen LogP contribution >= 0.6 is 31.9 Å². The van der Waals surface area contributed by atoms with Crippen LogP contribution in [0.4, 0.5) is 0 Å². The Bertz CT molecular complexity index is 258. The average Bonchev–Trinajstić information content (AvgIpc) is 2.12. The number of alkyl halides is 1. The lowest BCUT2D eigenvalue weighted by atomic mass is 9.99. The molecule has 1 rings (SSSR count). The van der Waals surface area contributed by atoms with E-state index in [2.05, 4.69) is 31.9 Å². The van der Waals surface area contributed by atoms with Gasteiger partial charge in [-0.15, -0.1) is 10.3 Å². The molecule has 0 saturated heterocycles. The average molecular weight is 312 g/mol. The third kappa shape index (κ3) is 1.52. The molecular formula is C9H14Br2NO. The molecule has 0 aromatic rings. The molecule has 75 valence electrons. The molecule has 0 bridgehead atoms. The summed E-state index contributed by atoms with van der Waals surface area (Å²) in [6.07, 6.45) is 0. The second-order valence-corrected chi connectivity index (χ2v) is 5.69. The van der Waals surface area contributed by atoms with Gasteiger partial charge in [-0.25, -0.2) is 0 Å². The molecule has 0 spiro atoms. The monoisotopic (exact) mass is 310 g/mol. The minimum Gasteiger partial charge on any atom is -0.135 e. The highest BCUT2D eigenvalue weighted by Crippen LogP contribution is 2.47. The standard InChI is InChI=1S/C9H14Br2NO/c1-8(2)6(5-10)7(11)9(3,4)12(8)13/h5H2,1-4H3. The first-order chi connectivity index (χ1) is 5.76. The molecule has 0 aliphatic carbocycles. The lowest BCUT2D eigenvalue weighted by molar-refractivity contribution is -0.238. The number of nitrogens with zero attached hydrogens (tertiary/aromatic N) is 1. The molecule has 2 nitrogen and oxygen atoms in total. The van der Waals surface area contributed by atoms with Crippen LogP contribution in [0.5, 0.6) is 0 Å². The van der Waals surface area contributed by atoms with Gasteiger partial charge < -0.3 is 0 Å². The van der Waals surface area contributed by atoms with E-state index >= 15 is 0 Å². The number of hydroxylamine groups is 2. The van der Waals surface area contributed by atoms with Crippen LogP contribution in [0.1, 0.15) is 27.7 Å². The Labute approximate surface area is 96.2 Å². The molecule has 1 aliphatic rings. The Morgan fingerprint density at radius 3 is 1.85 bits per heavy atom. The van der Waals surface area contributed by atoms with Gasteiger partial charge in [0.15, 0.2) is 0 Å². The van der Waals surface area contributed by atoms with Crippen LogP contribution in [0.25, 0.3) is 0 Å². The molecule has 1 aliphatic heterocycles. The summed E-state index contributed by atoms with van der Waals surface area (Å²) in [4.78, 5) is 0. The molecule has 0 unspecified atom stereocenters. The fraction of sp³-hybridized carbons (Fsp3) is 0.778. The maximum Gasteiger partial charge on any atom is 0.0760 e. The van der Waals surface area contributed by atoms with Gasteiger partial charge >= 0.3 is 0 Å². The van der Waals surface area contributed by atoms with Crippen molar-refractivity contribution in [3.05, 3.63) is 10.1 Å². The normalized spacial score (nSPS) is 27.0. The molecule has 4 heteroatoms. The largest absolute Gasteiger partial charge is 0.135 e. The predicted molar refractivity (Wildman–Crippen MR) is 60.4 cm³/mol. The van der Waals surface area contributed by atoms with E-state index in [1.807, 2.05) is 27.7 Å². The quantitative estimate of drug-likeness (QED) is 0.682. The van der Waals surface area contributed by atoms with Gasteiger partial charge in [0.25, 0.3) is 0 Å². The van der Waals surface area contributed by atoms with Crippen molar-refractivity contribution in [1.29, 1.82) is 0 Å². The summed E-state index contributed by atoms with van der Waals surface area (Å²) in [5.74, 6) is 0. The molecule has 0 N–H and O–H groups in total. The second-order valence-electron chi connectivity index (χ2n) is 4.34. The summed E-state index contributed by atoms with van der Waals surface area (Å²) in [6, 6.07) is 0. The van der Waals surface area contributed by atoms with Gasteiger partial charge in [-0.2, -0.15) is 0 Å². The van der Waals surface area contributed by atoms with Gasteiger partial charge in [0.1, 0.15) is 0 Å². The van der Waals surface area contributed by atoms with Gasteiger partial charge in [0.2, 0.25) is 0 Å². The number of halogens is 2. The van der Waals surface area contributed by atoms with Crippen LogP contribution in [0, 0.1) is 0 Å². The topological polar surface area (TPSA) is 23.1 Å². The van der Waals surface area contributed by atoms with Crippen LogP contribution < -0.4 is 0 Å².